The van der Waals surface area contributed by atoms with Crippen LogP contribution in [0.1, 0.15) is 20.8 Å². The molecular formula is C15H20ClN3O6S. The molecular weight excluding hydrogens is 386 g/mol. The molecule has 11 heteroatoms. The fourth-order valence-electron chi connectivity index (χ4n) is 1.85. The van der Waals surface area contributed by atoms with Crippen molar-refractivity contribution in [2.75, 3.05) is 0 Å². The number of rotatable bonds is 7. The molecule has 0 aliphatic rings. The van der Waals surface area contributed by atoms with Gasteiger partial charge in [-0.2, -0.15) is 4.72 Å². The third-order valence-electron chi connectivity index (χ3n) is 3.22. The largest absolute Gasteiger partial charge is 0.451 e. The van der Waals surface area contributed by atoms with Crippen LogP contribution < -0.4 is 15.8 Å². The maximum Gasteiger partial charge on any atom is 0.325 e. The SMILES string of the molecule is CC(OC(=O)C(NS(=O)(=O)c1cccc(Cl)c1)C(C)C)C(=O)NC(N)=O. The van der Waals surface area contributed by atoms with Crippen LogP contribution >= 0.6 is 11.6 Å². The Kier molecular flexibility index (Phi) is 7.54. The highest BCUT2D eigenvalue weighted by molar-refractivity contribution is 7.89. The summed E-state index contributed by atoms with van der Waals surface area (Å²) in [6, 6.07) is 3.15. The Hall–Kier alpha value is -2.17. The minimum absolute atomic E-state index is 0.122. The number of sulfonamides is 1. The van der Waals surface area contributed by atoms with Crippen molar-refractivity contribution in [2.24, 2.45) is 11.7 Å². The monoisotopic (exact) mass is 405 g/mol. The minimum atomic E-state index is -4.06. The lowest BCUT2D eigenvalue weighted by atomic mass is 10.1. The zero-order valence-corrected chi connectivity index (χ0v) is 15.9. The fourth-order valence-corrected chi connectivity index (χ4v) is 3.48. The van der Waals surface area contributed by atoms with Gasteiger partial charge in [-0.05, 0) is 31.0 Å². The van der Waals surface area contributed by atoms with E-state index in [0.29, 0.717) is 0 Å². The molecule has 0 saturated heterocycles. The molecule has 9 nitrogen and oxygen atoms in total. The molecule has 2 unspecified atom stereocenters. The number of esters is 1. The standard InChI is InChI=1S/C15H20ClN3O6S/c1-8(2)12(14(21)25-9(3)13(20)18-15(17)22)19-26(23,24)11-6-4-5-10(16)7-11/h4-9,12,19H,1-3H3,(H3,17,18,20,22). The first-order valence-corrected chi connectivity index (χ1v) is 9.39. The third-order valence-corrected chi connectivity index (χ3v) is 4.89. The summed E-state index contributed by atoms with van der Waals surface area (Å²) in [6.07, 6.45) is -1.34. The van der Waals surface area contributed by atoms with Gasteiger partial charge in [-0.3, -0.25) is 14.9 Å². The summed E-state index contributed by atoms with van der Waals surface area (Å²) in [4.78, 5) is 34.4. The van der Waals surface area contributed by atoms with E-state index in [1.165, 1.54) is 31.2 Å². The second kappa shape index (κ2) is 8.97. The van der Waals surface area contributed by atoms with E-state index in [2.05, 4.69) is 4.72 Å². The molecule has 1 aromatic carbocycles. The van der Waals surface area contributed by atoms with Gasteiger partial charge in [-0.1, -0.05) is 31.5 Å². The van der Waals surface area contributed by atoms with E-state index in [9.17, 15) is 22.8 Å². The first-order chi connectivity index (χ1) is 11.9. The van der Waals surface area contributed by atoms with E-state index in [4.69, 9.17) is 22.1 Å². The molecule has 0 aromatic heterocycles. The van der Waals surface area contributed by atoms with Crippen molar-refractivity contribution >= 4 is 39.5 Å². The number of hydrogen-bond acceptors (Lipinski definition) is 6. The third kappa shape index (κ3) is 6.28. The van der Waals surface area contributed by atoms with E-state index >= 15 is 0 Å². The quantitative estimate of drug-likeness (QED) is 0.571. The molecule has 2 atom stereocenters. The molecule has 1 rings (SSSR count). The number of nitrogens with one attached hydrogen (secondary N) is 2. The summed E-state index contributed by atoms with van der Waals surface area (Å²) in [5.74, 6) is -2.38. The molecule has 0 bridgehead atoms. The van der Waals surface area contributed by atoms with Gasteiger partial charge in [0.1, 0.15) is 6.04 Å². The second-order valence-electron chi connectivity index (χ2n) is 5.73. The molecule has 0 saturated carbocycles. The lowest BCUT2D eigenvalue weighted by molar-refractivity contribution is -0.157. The van der Waals surface area contributed by atoms with E-state index < -0.39 is 46.0 Å². The molecule has 0 fully saturated rings. The number of carbonyl (C=O) groups is 3. The Bertz CT molecular complexity index is 796. The molecule has 0 spiro atoms. The molecule has 3 amide bonds. The molecule has 0 heterocycles. The lowest BCUT2D eigenvalue weighted by Gasteiger charge is -2.22. The van der Waals surface area contributed by atoms with Crippen molar-refractivity contribution in [1.29, 1.82) is 0 Å². The maximum absolute atomic E-state index is 12.5. The maximum atomic E-state index is 12.5. The summed E-state index contributed by atoms with van der Waals surface area (Å²) < 4.78 is 32.1. The second-order valence-corrected chi connectivity index (χ2v) is 7.88. The van der Waals surface area contributed by atoms with Gasteiger partial charge in [0.2, 0.25) is 10.0 Å². The lowest BCUT2D eigenvalue weighted by Crippen LogP contribution is -2.48. The summed E-state index contributed by atoms with van der Waals surface area (Å²) in [5, 5.41) is 1.98. The zero-order valence-electron chi connectivity index (χ0n) is 14.4. The molecule has 4 N–H and O–H groups in total. The Morgan fingerprint density at radius 2 is 1.81 bits per heavy atom. The predicted octanol–water partition coefficient (Wildman–Crippen LogP) is 0.770. The van der Waals surface area contributed by atoms with Crippen LogP contribution in [0.5, 0.6) is 0 Å². The molecule has 0 radical (unpaired) electrons. The van der Waals surface area contributed by atoms with Crippen molar-refractivity contribution in [1.82, 2.24) is 10.0 Å². The van der Waals surface area contributed by atoms with Gasteiger partial charge >= 0.3 is 12.0 Å². The van der Waals surface area contributed by atoms with Crippen LogP contribution in [-0.2, 0) is 24.3 Å². The number of carbonyl (C=O) groups excluding carboxylic acids is 3. The van der Waals surface area contributed by atoms with E-state index in [1.54, 1.807) is 19.2 Å². The highest BCUT2D eigenvalue weighted by Gasteiger charge is 2.32. The number of urea groups is 1. The average Bonchev–Trinajstić information content (AvgIpc) is 2.51. The van der Waals surface area contributed by atoms with Gasteiger partial charge in [0, 0.05) is 5.02 Å². The Morgan fingerprint density at radius 3 is 2.31 bits per heavy atom. The van der Waals surface area contributed by atoms with E-state index in [-0.39, 0.29) is 9.92 Å². The van der Waals surface area contributed by atoms with Crippen LogP contribution in [0, 0.1) is 5.92 Å². The van der Waals surface area contributed by atoms with Crippen molar-refractivity contribution in [3.63, 3.8) is 0 Å². The van der Waals surface area contributed by atoms with Crippen molar-refractivity contribution in [2.45, 2.75) is 37.8 Å². The molecule has 1 aromatic rings. The van der Waals surface area contributed by atoms with Gasteiger partial charge < -0.3 is 10.5 Å². The van der Waals surface area contributed by atoms with Crippen molar-refractivity contribution in [3.05, 3.63) is 29.3 Å². The summed E-state index contributed by atoms with van der Waals surface area (Å²) in [6.45, 7) is 4.42. The van der Waals surface area contributed by atoms with Crippen LogP contribution in [0.2, 0.25) is 5.02 Å². The summed E-state index contributed by atoms with van der Waals surface area (Å²) in [7, 11) is -4.06. The number of nitrogens with two attached hydrogens (primary N) is 1. The van der Waals surface area contributed by atoms with Gasteiger partial charge in [0.25, 0.3) is 5.91 Å². The van der Waals surface area contributed by atoms with Crippen LogP contribution in [0.15, 0.2) is 29.2 Å². The van der Waals surface area contributed by atoms with Crippen molar-refractivity contribution < 1.29 is 27.5 Å². The van der Waals surface area contributed by atoms with Gasteiger partial charge in [0.15, 0.2) is 6.10 Å². The molecule has 0 aliphatic heterocycles. The number of amides is 3. The van der Waals surface area contributed by atoms with E-state index in [1.807, 2.05) is 0 Å². The summed E-state index contributed by atoms with van der Waals surface area (Å²) in [5.41, 5.74) is 4.82. The first kappa shape index (κ1) is 21.9. The average molecular weight is 406 g/mol. The Morgan fingerprint density at radius 1 is 1.19 bits per heavy atom. The zero-order chi connectivity index (χ0) is 20.1. The number of ether oxygens (including phenoxy) is 1. The number of imide groups is 1. The van der Waals surface area contributed by atoms with Gasteiger partial charge in [0.05, 0.1) is 4.90 Å². The Balaban J connectivity index is 2.93. The highest BCUT2D eigenvalue weighted by Crippen LogP contribution is 2.17. The predicted molar refractivity (Wildman–Crippen MR) is 93.7 cm³/mol. The number of primary amides is 1. The van der Waals surface area contributed by atoms with Gasteiger partial charge in [-0.15, -0.1) is 0 Å². The minimum Gasteiger partial charge on any atom is -0.451 e. The first-order valence-electron chi connectivity index (χ1n) is 7.52. The van der Waals surface area contributed by atoms with Gasteiger partial charge in [-0.25, -0.2) is 13.2 Å². The van der Waals surface area contributed by atoms with Crippen LogP contribution in [0.25, 0.3) is 0 Å². The topological polar surface area (TPSA) is 145 Å². The molecule has 0 aliphatic carbocycles. The molecule has 26 heavy (non-hydrogen) atoms. The van der Waals surface area contributed by atoms with Crippen LogP contribution in [-0.4, -0.2) is 38.5 Å². The number of hydrogen-bond donors (Lipinski definition) is 3. The van der Waals surface area contributed by atoms with Crippen LogP contribution in [0.3, 0.4) is 0 Å². The smallest absolute Gasteiger partial charge is 0.325 e. The summed E-state index contributed by atoms with van der Waals surface area (Å²) >= 11 is 5.79. The van der Waals surface area contributed by atoms with E-state index in [0.717, 1.165) is 0 Å². The fraction of sp³-hybridized carbons (Fsp3) is 0.400. The number of benzene rings is 1. The number of halogens is 1. The highest BCUT2D eigenvalue weighted by atomic mass is 35.5. The molecule has 144 valence electrons. The Labute approximate surface area is 156 Å². The van der Waals surface area contributed by atoms with Crippen molar-refractivity contribution in [3.8, 4) is 0 Å². The van der Waals surface area contributed by atoms with Crippen LogP contribution in [0.4, 0.5) is 4.79 Å². The normalized spacial score (nSPS) is 13.7.